The molecule has 0 amide bonds. The maximum absolute atomic E-state index is 14.1. The molecular weight excluding hydrogens is 546 g/mol. The number of likely N-dealkylation sites (N-methyl/N-ethyl adjacent to an activating group) is 1. The molecule has 5 heterocycles. The Morgan fingerprint density at radius 1 is 1.10 bits per heavy atom. The molecule has 0 unspecified atom stereocenters. The highest BCUT2D eigenvalue weighted by Crippen LogP contribution is 2.30. The third-order valence-corrected chi connectivity index (χ3v) is 8.63. The number of rotatable bonds is 8. The Morgan fingerprint density at radius 3 is 2.62 bits per heavy atom. The molecule has 0 bridgehead atoms. The Balaban J connectivity index is 1.39. The van der Waals surface area contributed by atoms with Crippen molar-refractivity contribution in [3.63, 3.8) is 0 Å². The number of aromatic nitrogens is 5. The SMILES string of the molecule is Cc1cc(Nc2ncc3cc(-c4c(C)nn(-c5cccs5)c4C)c(=O)n(CCN(C)C)c3n2)ccc1N1CCNCC1. The van der Waals surface area contributed by atoms with E-state index >= 15 is 0 Å². The van der Waals surface area contributed by atoms with Gasteiger partial charge in [-0.25, -0.2) is 9.67 Å². The monoisotopic (exact) mass is 583 g/mol. The van der Waals surface area contributed by atoms with Gasteiger partial charge in [-0.3, -0.25) is 9.36 Å². The van der Waals surface area contributed by atoms with Crippen LogP contribution in [0.25, 0.3) is 27.2 Å². The quantitative estimate of drug-likeness (QED) is 0.279. The minimum absolute atomic E-state index is 0.0813. The van der Waals surface area contributed by atoms with Gasteiger partial charge in [0.25, 0.3) is 5.56 Å². The van der Waals surface area contributed by atoms with Crippen molar-refractivity contribution in [2.24, 2.45) is 0 Å². The molecule has 0 aliphatic carbocycles. The maximum atomic E-state index is 14.1. The number of pyridine rings is 1. The molecule has 1 aliphatic heterocycles. The lowest BCUT2D eigenvalue weighted by molar-refractivity contribution is 0.384. The number of hydrogen-bond donors (Lipinski definition) is 2. The number of benzene rings is 1. The second kappa shape index (κ2) is 11.7. The molecule has 5 aromatic rings. The Morgan fingerprint density at radius 2 is 1.90 bits per heavy atom. The van der Waals surface area contributed by atoms with Crippen molar-refractivity contribution in [1.82, 2.24) is 34.5 Å². The summed E-state index contributed by atoms with van der Waals surface area (Å²) in [5, 5.41) is 15.4. The molecule has 10 nitrogen and oxygen atoms in total. The Hall–Kier alpha value is -4.06. The molecule has 1 aliphatic rings. The summed E-state index contributed by atoms with van der Waals surface area (Å²) in [6, 6.07) is 12.3. The van der Waals surface area contributed by atoms with Crippen LogP contribution in [0, 0.1) is 20.8 Å². The molecule has 1 saturated heterocycles. The van der Waals surface area contributed by atoms with E-state index in [9.17, 15) is 4.79 Å². The van der Waals surface area contributed by atoms with Crippen molar-refractivity contribution in [3.8, 4) is 16.1 Å². The molecule has 0 saturated carbocycles. The first-order valence-corrected chi connectivity index (χ1v) is 15.2. The summed E-state index contributed by atoms with van der Waals surface area (Å²) < 4.78 is 3.69. The van der Waals surface area contributed by atoms with Crippen LogP contribution in [0.4, 0.5) is 17.3 Å². The lowest BCUT2D eigenvalue weighted by atomic mass is 10.0. The fraction of sp³-hybridized carbons (Fsp3) is 0.355. The zero-order valence-corrected chi connectivity index (χ0v) is 25.6. The summed E-state index contributed by atoms with van der Waals surface area (Å²) in [4.78, 5) is 28.1. The van der Waals surface area contributed by atoms with Crippen LogP contribution in [-0.4, -0.2) is 76.0 Å². The van der Waals surface area contributed by atoms with Gasteiger partial charge in [0.15, 0.2) is 0 Å². The average Bonchev–Trinajstić information content (AvgIpc) is 3.61. The second-order valence-electron chi connectivity index (χ2n) is 11.1. The molecule has 11 heteroatoms. The smallest absolute Gasteiger partial charge is 0.260 e. The number of nitrogens with one attached hydrogen (secondary N) is 2. The van der Waals surface area contributed by atoms with Crippen molar-refractivity contribution in [3.05, 3.63) is 75.3 Å². The van der Waals surface area contributed by atoms with Gasteiger partial charge in [-0.1, -0.05) is 0 Å². The summed E-state index contributed by atoms with van der Waals surface area (Å²) in [6.45, 7) is 11.3. The van der Waals surface area contributed by atoms with Crippen molar-refractivity contribution in [2.45, 2.75) is 27.3 Å². The van der Waals surface area contributed by atoms with Gasteiger partial charge < -0.3 is 20.4 Å². The zero-order chi connectivity index (χ0) is 29.4. The second-order valence-corrected chi connectivity index (χ2v) is 12.0. The van der Waals surface area contributed by atoms with Crippen molar-refractivity contribution in [1.29, 1.82) is 0 Å². The molecule has 2 N–H and O–H groups in total. The van der Waals surface area contributed by atoms with Crippen LogP contribution in [-0.2, 0) is 6.54 Å². The van der Waals surface area contributed by atoms with Gasteiger partial charge in [0.1, 0.15) is 10.6 Å². The summed E-state index contributed by atoms with van der Waals surface area (Å²) in [5.41, 5.74) is 7.11. The van der Waals surface area contributed by atoms with Crippen LogP contribution < -0.4 is 21.1 Å². The third kappa shape index (κ3) is 5.42. The molecule has 0 spiro atoms. The van der Waals surface area contributed by atoms with Gasteiger partial charge >= 0.3 is 0 Å². The van der Waals surface area contributed by atoms with E-state index in [1.165, 1.54) is 11.3 Å². The van der Waals surface area contributed by atoms with E-state index in [0.717, 1.165) is 59.2 Å². The van der Waals surface area contributed by atoms with Crippen LogP contribution in [0.5, 0.6) is 0 Å². The minimum Gasteiger partial charge on any atom is -0.369 e. The minimum atomic E-state index is -0.0813. The standard InChI is InChI=1S/C31H37N9OS/c1-20-17-24(8-9-26(20)38-12-10-32-11-13-38)34-31-33-19-23-18-25(30(41)39(29(23)35-31)15-14-37(4)5)28-21(2)36-40(22(28)3)27-7-6-16-42-27/h6-9,16-19,32H,10-15H2,1-5H3,(H,33,34,35). The molecule has 0 radical (unpaired) electrons. The van der Waals surface area contributed by atoms with E-state index in [0.29, 0.717) is 30.2 Å². The first-order chi connectivity index (χ1) is 20.3. The molecule has 1 aromatic carbocycles. The first-order valence-electron chi connectivity index (χ1n) is 14.3. The molecule has 4 aromatic heterocycles. The molecule has 1 fully saturated rings. The van der Waals surface area contributed by atoms with Crippen molar-refractivity contribution in [2.75, 3.05) is 57.0 Å². The van der Waals surface area contributed by atoms with Crippen molar-refractivity contribution < 1.29 is 0 Å². The number of nitrogens with zero attached hydrogens (tertiary/aromatic N) is 7. The van der Waals surface area contributed by atoms with Crippen LogP contribution in [0.2, 0.25) is 0 Å². The Bertz CT molecular complexity index is 1780. The van der Waals surface area contributed by atoms with Crippen LogP contribution >= 0.6 is 11.3 Å². The van der Waals surface area contributed by atoms with Gasteiger partial charge in [0.05, 0.1) is 17.0 Å². The van der Waals surface area contributed by atoms with E-state index in [1.54, 1.807) is 22.1 Å². The zero-order valence-electron chi connectivity index (χ0n) is 24.8. The predicted octanol–water partition coefficient (Wildman–Crippen LogP) is 4.35. The van der Waals surface area contributed by atoms with E-state index in [2.05, 4.69) is 50.5 Å². The number of anilines is 3. The lowest BCUT2D eigenvalue weighted by Crippen LogP contribution is -2.43. The fourth-order valence-electron chi connectivity index (χ4n) is 5.67. The van der Waals surface area contributed by atoms with Crippen molar-refractivity contribution >= 4 is 39.7 Å². The number of piperazine rings is 1. The fourth-order valence-corrected chi connectivity index (χ4v) is 6.40. The van der Waals surface area contributed by atoms with Crippen LogP contribution in [0.1, 0.15) is 17.0 Å². The van der Waals surface area contributed by atoms with Gasteiger partial charge in [-0.2, -0.15) is 10.1 Å². The van der Waals surface area contributed by atoms with Crippen LogP contribution in [0.15, 0.2) is 52.8 Å². The number of hydrogen-bond acceptors (Lipinski definition) is 9. The molecule has 6 rings (SSSR count). The topological polar surface area (TPSA) is 96.1 Å². The van der Waals surface area contributed by atoms with Gasteiger partial charge in [-0.15, -0.1) is 11.3 Å². The van der Waals surface area contributed by atoms with E-state index in [1.807, 2.05) is 56.2 Å². The highest BCUT2D eigenvalue weighted by Gasteiger charge is 2.21. The van der Waals surface area contributed by atoms with E-state index in [-0.39, 0.29) is 5.56 Å². The molecule has 218 valence electrons. The molecular formula is C31H37N9OS. The van der Waals surface area contributed by atoms with Gasteiger partial charge in [0, 0.05) is 67.8 Å². The van der Waals surface area contributed by atoms with E-state index < -0.39 is 0 Å². The number of fused-ring (bicyclic) bond motifs is 1. The Labute approximate surface area is 249 Å². The van der Waals surface area contributed by atoms with E-state index in [4.69, 9.17) is 10.1 Å². The lowest BCUT2D eigenvalue weighted by Gasteiger charge is -2.30. The predicted molar refractivity (Wildman–Crippen MR) is 172 cm³/mol. The van der Waals surface area contributed by atoms with Gasteiger partial charge in [-0.05, 0) is 82.2 Å². The third-order valence-electron chi connectivity index (χ3n) is 7.78. The first kappa shape index (κ1) is 28.1. The molecule has 42 heavy (non-hydrogen) atoms. The van der Waals surface area contributed by atoms with Gasteiger partial charge in [0.2, 0.25) is 5.95 Å². The average molecular weight is 584 g/mol. The summed E-state index contributed by atoms with van der Waals surface area (Å²) in [7, 11) is 4.01. The highest BCUT2D eigenvalue weighted by atomic mass is 32.1. The Kier molecular flexibility index (Phi) is 7.80. The molecule has 0 atom stereocenters. The highest BCUT2D eigenvalue weighted by molar-refractivity contribution is 7.12. The van der Waals surface area contributed by atoms with Crippen LogP contribution in [0.3, 0.4) is 0 Å². The normalized spacial score (nSPS) is 13.8. The summed E-state index contributed by atoms with van der Waals surface area (Å²) >= 11 is 1.62. The largest absolute Gasteiger partial charge is 0.369 e. The number of aryl methyl sites for hydroxylation is 2. The number of thiophene rings is 1. The summed E-state index contributed by atoms with van der Waals surface area (Å²) in [6.07, 6.45) is 1.80. The maximum Gasteiger partial charge on any atom is 0.260 e. The summed E-state index contributed by atoms with van der Waals surface area (Å²) in [5.74, 6) is 0.459.